The minimum atomic E-state index is -4.44. The minimum absolute atomic E-state index is 0.0461. The lowest BCUT2D eigenvalue weighted by Gasteiger charge is -2.15. The summed E-state index contributed by atoms with van der Waals surface area (Å²) in [5.74, 6) is 0.204. The highest BCUT2D eigenvalue weighted by atomic mass is 32.2. The second-order valence-corrected chi connectivity index (χ2v) is 7.26. The first-order chi connectivity index (χ1) is 10.6. The van der Waals surface area contributed by atoms with E-state index in [1.165, 1.54) is 19.2 Å². The Kier molecular flexibility index (Phi) is 4.81. The molecule has 0 saturated heterocycles. The molecule has 0 unspecified atom stereocenters. The van der Waals surface area contributed by atoms with Crippen LogP contribution in [0.1, 0.15) is 17.8 Å². The van der Waals surface area contributed by atoms with Gasteiger partial charge in [0.2, 0.25) is 10.0 Å². The summed E-state index contributed by atoms with van der Waals surface area (Å²) in [5, 5.41) is 0. The molecule has 1 N–H and O–H groups in total. The normalized spacial score (nSPS) is 12.9. The monoisotopic (exact) mass is 347 g/mol. The molecule has 2 aromatic rings. The molecule has 0 aliphatic carbocycles. The van der Waals surface area contributed by atoms with Crippen LogP contribution in [0.15, 0.2) is 30.9 Å². The number of nitrogens with zero attached hydrogens (tertiary/aromatic N) is 2. The first kappa shape index (κ1) is 17.5. The van der Waals surface area contributed by atoms with E-state index in [-0.39, 0.29) is 23.6 Å². The van der Waals surface area contributed by atoms with Crippen molar-refractivity contribution in [1.29, 1.82) is 0 Å². The van der Waals surface area contributed by atoms with Gasteiger partial charge in [-0.15, -0.1) is 6.58 Å². The molecule has 2 rings (SSSR count). The maximum Gasteiger partial charge on any atom is 0.416 e. The molecule has 0 atom stereocenters. The van der Waals surface area contributed by atoms with Crippen molar-refractivity contribution in [1.82, 2.24) is 14.3 Å². The molecule has 23 heavy (non-hydrogen) atoms. The molecule has 0 aliphatic rings. The van der Waals surface area contributed by atoms with Crippen molar-refractivity contribution in [3.8, 4) is 0 Å². The van der Waals surface area contributed by atoms with Crippen LogP contribution >= 0.6 is 0 Å². The summed E-state index contributed by atoms with van der Waals surface area (Å²) in [5.41, 5.74) is -0.219. The zero-order valence-corrected chi connectivity index (χ0v) is 13.2. The van der Waals surface area contributed by atoms with Gasteiger partial charge in [-0.3, -0.25) is 0 Å². The third-order valence-corrected chi connectivity index (χ3v) is 5.12. The predicted octanol–water partition coefficient (Wildman–Crippen LogP) is 2.92. The predicted molar refractivity (Wildman–Crippen MR) is 81.2 cm³/mol. The number of imidazole rings is 1. The van der Waals surface area contributed by atoms with Gasteiger partial charge >= 0.3 is 6.18 Å². The number of aromatic nitrogens is 2. The number of allylic oxidation sites excluding steroid dienone is 1. The number of nitrogens with one attached hydrogen (secondary N) is 1. The summed E-state index contributed by atoms with van der Waals surface area (Å²) in [4.78, 5) is 6.85. The maximum atomic E-state index is 12.7. The van der Waals surface area contributed by atoms with Crippen molar-refractivity contribution in [2.75, 3.05) is 12.8 Å². The molecule has 0 aliphatic heterocycles. The van der Waals surface area contributed by atoms with Crippen molar-refractivity contribution in [2.45, 2.75) is 19.1 Å². The lowest BCUT2D eigenvalue weighted by atomic mass is 10.2. The standard InChI is InChI=1S/C14H16F3N3O2S/c1-3-4-7-23(21,22)20(2)9-13-18-11-6-5-10(14(15,16)17)8-12(11)19-13/h3,5-6,8H,1,4,7,9H2,2H3,(H,18,19). The van der Waals surface area contributed by atoms with Gasteiger partial charge in [0.15, 0.2) is 0 Å². The lowest BCUT2D eigenvalue weighted by Crippen LogP contribution is -2.29. The molecule has 0 amide bonds. The Bertz CT molecular complexity index is 812. The molecule has 1 aromatic heterocycles. The van der Waals surface area contributed by atoms with Crippen molar-refractivity contribution >= 4 is 21.1 Å². The summed E-state index contributed by atoms with van der Waals surface area (Å²) in [6, 6.07) is 3.15. The van der Waals surface area contributed by atoms with Gasteiger partial charge in [-0.1, -0.05) is 6.08 Å². The van der Waals surface area contributed by atoms with Crippen molar-refractivity contribution in [2.24, 2.45) is 0 Å². The van der Waals surface area contributed by atoms with E-state index in [4.69, 9.17) is 0 Å². The molecule has 1 heterocycles. The van der Waals surface area contributed by atoms with Gasteiger partial charge in [-0.25, -0.2) is 13.4 Å². The van der Waals surface area contributed by atoms with Gasteiger partial charge in [0, 0.05) is 7.05 Å². The molecule has 9 heteroatoms. The highest BCUT2D eigenvalue weighted by molar-refractivity contribution is 7.89. The van der Waals surface area contributed by atoms with Crippen LogP contribution in [0.4, 0.5) is 13.2 Å². The molecule has 126 valence electrons. The lowest BCUT2D eigenvalue weighted by molar-refractivity contribution is -0.137. The first-order valence-corrected chi connectivity index (χ1v) is 8.35. The fraction of sp³-hybridized carbons (Fsp3) is 0.357. The highest BCUT2D eigenvalue weighted by Crippen LogP contribution is 2.30. The second-order valence-electron chi connectivity index (χ2n) is 5.06. The number of alkyl halides is 3. The Morgan fingerprint density at radius 1 is 1.39 bits per heavy atom. The number of hydrogen-bond acceptors (Lipinski definition) is 3. The number of aromatic amines is 1. The van der Waals surface area contributed by atoms with E-state index in [9.17, 15) is 21.6 Å². The number of fused-ring (bicyclic) bond motifs is 1. The fourth-order valence-corrected chi connectivity index (χ4v) is 3.11. The first-order valence-electron chi connectivity index (χ1n) is 6.74. The molecule has 0 saturated carbocycles. The summed E-state index contributed by atoms with van der Waals surface area (Å²) >= 11 is 0. The van der Waals surface area contributed by atoms with E-state index in [0.717, 1.165) is 16.4 Å². The van der Waals surface area contributed by atoms with E-state index < -0.39 is 21.8 Å². The van der Waals surface area contributed by atoms with Gasteiger partial charge in [0.05, 0.1) is 28.9 Å². The smallest absolute Gasteiger partial charge is 0.341 e. The average molecular weight is 347 g/mol. The Hall–Kier alpha value is -1.87. The molecule has 0 spiro atoms. The topological polar surface area (TPSA) is 66.1 Å². The Morgan fingerprint density at radius 2 is 2.09 bits per heavy atom. The molecule has 0 fully saturated rings. The Labute approximate surface area is 131 Å². The third-order valence-electron chi connectivity index (χ3n) is 3.29. The van der Waals surface area contributed by atoms with Crippen LogP contribution in [0.5, 0.6) is 0 Å². The van der Waals surface area contributed by atoms with Crippen LogP contribution in [-0.2, 0) is 22.7 Å². The fourth-order valence-electron chi connectivity index (χ4n) is 2.01. The van der Waals surface area contributed by atoms with Gasteiger partial charge in [0.25, 0.3) is 0 Å². The second kappa shape index (κ2) is 6.32. The van der Waals surface area contributed by atoms with E-state index in [2.05, 4.69) is 16.5 Å². The molecule has 0 bridgehead atoms. The minimum Gasteiger partial charge on any atom is -0.341 e. The van der Waals surface area contributed by atoms with E-state index >= 15 is 0 Å². The number of rotatable bonds is 6. The van der Waals surface area contributed by atoms with Crippen LogP contribution in [-0.4, -0.2) is 35.5 Å². The summed E-state index contributed by atoms with van der Waals surface area (Å²) in [7, 11) is -2.07. The van der Waals surface area contributed by atoms with Crippen LogP contribution in [0.3, 0.4) is 0 Å². The average Bonchev–Trinajstić information content (AvgIpc) is 2.85. The van der Waals surface area contributed by atoms with Gasteiger partial charge in [-0.2, -0.15) is 17.5 Å². The quantitative estimate of drug-likeness (QED) is 0.817. The number of hydrogen-bond donors (Lipinski definition) is 1. The molecular formula is C14H16F3N3O2S. The summed E-state index contributed by atoms with van der Waals surface area (Å²) in [6.07, 6.45) is -2.61. The molecule has 5 nitrogen and oxygen atoms in total. The Balaban J connectivity index is 2.23. The highest BCUT2D eigenvalue weighted by Gasteiger charge is 2.30. The van der Waals surface area contributed by atoms with Gasteiger partial charge in [0.1, 0.15) is 5.82 Å². The Morgan fingerprint density at radius 3 is 2.70 bits per heavy atom. The zero-order chi connectivity index (χ0) is 17.3. The van der Waals surface area contributed by atoms with Crippen LogP contribution in [0, 0.1) is 0 Å². The van der Waals surface area contributed by atoms with Crippen LogP contribution < -0.4 is 0 Å². The molecular weight excluding hydrogens is 331 g/mol. The van der Waals surface area contributed by atoms with Crippen molar-refractivity contribution < 1.29 is 21.6 Å². The summed E-state index contributed by atoms with van der Waals surface area (Å²) in [6.45, 7) is 3.42. The zero-order valence-electron chi connectivity index (χ0n) is 12.4. The van der Waals surface area contributed by atoms with Gasteiger partial charge in [-0.05, 0) is 24.6 Å². The van der Waals surface area contributed by atoms with Gasteiger partial charge < -0.3 is 4.98 Å². The summed E-state index contributed by atoms with van der Waals surface area (Å²) < 4.78 is 63.1. The number of benzene rings is 1. The van der Waals surface area contributed by atoms with E-state index in [1.807, 2.05) is 0 Å². The number of H-pyrrole nitrogens is 1. The van der Waals surface area contributed by atoms with Crippen molar-refractivity contribution in [3.63, 3.8) is 0 Å². The van der Waals surface area contributed by atoms with Crippen LogP contribution in [0.25, 0.3) is 11.0 Å². The third kappa shape index (κ3) is 4.11. The molecule has 0 radical (unpaired) electrons. The van der Waals surface area contributed by atoms with Crippen LogP contribution in [0.2, 0.25) is 0 Å². The maximum absolute atomic E-state index is 12.7. The van der Waals surface area contributed by atoms with E-state index in [1.54, 1.807) is 0 Å². The van der Waals surface area contributed by atoms with E-state index in [0.29, 0.717) is 11.9 Å². The number of halogens is 3. The molecule has 1 aromatic carbocycles. The number of sulfonamides is 1. The largest absolute Gasteiger partial charge is 0.416 e. The SMILES string of the molecule is C=CCCS(=O)(=O)N(C)Cc1nc2ccc(C(F)(F)F)cc2[nH]1. The van der Waals surface area contributed by atoms with Crippen molar-refractivity contribution in [3.05, 3.63) is 42.2 Å².